The first kappa shape index (κ1) is 13.9. The predicted molar refractivity (Wildman–Crippen MR) is 72.4 cm³/mol. The summed E-state index contributed by atoms with van der Waals surface area (Å²) in [7, 11) is 3.85. The molecule has 0 saturated carbocycles. The van der Waals surface area contributed by atoms with Crippen LogP contribution < -0.4 is 0 Å². The minimum atomic E-state index is -0.149. The van der Waals surface area contributed by atoms with Gasteiger partial charge in [0.05, 0.1) is 6.04 Å². The van der Waals surface area contributed by atoms with Gasteiger partial charge in [-0.2, -0.15) is 0 Å². The van der Waals surface area contributed by atoms with Crippen molar-refractivity contribution < 1.29 is 4.79 Å². The molecule has 0 bridgehead atoms. The van der Waals surface area contributed by atoms with E-state index in [4.69, 9.17) is 0 Å². The molecule has 1 unspecified atom stereocenters. The molecular weight excluding hydrogens is 210 g/mol. The second-order valence-corrected chi connectivity index (χ2v) is 5.87. The molecule has 0 aliphatic heterocycles. The van der Waals surface area contributed by atoms with Gasteiger partial charge in [-0.15, -0.1) is 0 Å². The third kappa shape index (κ3) is 3.16. The van der Waals surface area contributed by atoms with E-state index in [-0.39, 0.29) is 11.5 Å². The Balaban J connectivity index is 3.18. The van der Waals surface area contributed by atoms with Gasteiger partial charge in [-0.25, -0.2) is 0 Å². The predicted octanol–water partition coefficient (Wildman–Crippen LogP) is 3.09. The molecule has 17 heavy (non-hydrogen) atoms. The van der Waals surface area contributed by atoms with Crippen molar-refractivity contribution in [2.45, 2.75) is 39.2 Å². The lowest BCUT2D eigenvalue weighted by molar-refractivity contribution is -0.111. The smallest absolute Gasteiger partial charge is 0.141 e. The van der Waals surface area contributed by atoms with Crippen molar-refractivity contribution >= 4 is 6.29 Å². The Hall–Kier alpha value is -1.15. The number of benzene rings is 1. The van der Waals surface area contributed by atoms with Crippen molar-refractivity contribution in [1.82, 2.24) is 4.90 Å². The average Bonchev–Trinajstić information content (AvgIpc) is 2.19. The van der Waals surface area contributed by atoms with Crippen molar-refractivity contribution in [3.8, 4) is 0 Å². The molecular formula is C15H23NO. The van der Waals surface area contributed by atoms with Crippen LogP contribution in [0.4, 0.5) is 0 Å². The lowest BCUT2D eigenvalue weighted by Gasteiger charge is -2.24. The number of carbonyl (C=O) groups is 1. The van der Waals surface area contributed by atoms with E-state index in [2.05, 4.69) is 45.9 Å². The van der Waals surface area contributed by atoms with Crippen LogP contribution in [0.3, 0.4) is 0 Å². The zero-order valence-corrected chi connectivity index (χ0v) is 11.7. The number of carbonyl (C=O) groups excluding carboxylic acids is 1. The first-order chi connectivity index (χ1) is 7.77. The monoisotopic (exact) mass is 233 g/mol. The summed E-state index contributed by atoms with van der Waals surface area (Å²) in [5, 5.41) is 0. The average molecular weight is 233 g/mol. The van der Waals surface area contributed by atoms with Gasteiger partial charge in [-0.1, -0.05) is 39.0 Å². The SMILES string of the molecule is Cc1cc(C(C)(C)C)ccc1C(C=O)N(C)C. The number of nitrogens with zero attached hydrogens (tertiary/aromatic N) is 1. The van der Waals surface area contributed by atoms with Crippen LogP contribution in [0.2, 0.25) is 0 Å². The normalized spacial score (nSPS) is 13.8. The molecule has 0 aromatic heterocycles. The number of hydrogen-bond acceptors (Lipinski definition) is 2. The number of aldehydes is 1. The standard InChI is InChI=1S/C15H23NO/c1-11-9-12(15(2,3)4)7-8-13(11)14(10-17)16(5)6/h7-10,14H,1-6H3. The zero-order valence-electron chi connectivity index (χ0n) is 11.7. The fraction of sp³-hybridized carbons (Fsp3) is 0.533. The van der Waals surface area contributed by atoms with Gasteiger partial charge < -0.3 is 4.79 Å². The molecule has 0 aliphatic rings. The van der Waals surface area contributed by atoms with Crippen LogP contribution in [0.5, 0.6) is 0 Å². The van der Waals surface area contributed by atoms with Gasteiger partial charge in [-0.3, -0.25) is 4.90 Å². The van der Waals surface area contributed by atoms with E-state index in [0.29, 0.717) is 0 Å². The Morgan fingerprint density at radius 3 is 2.18 bits per heavy atom. The van der Waals surface area contributed by atoms with Gasteiger partial charge in [0.2, 0.25) is 0 Å². The van der Waals surface area contributed by atoms with Gasteiger partial charge in [-0.05, 0) is 43.1 Å². The highest BCUT2D eigenvalue weighted by atomic mass is 16.1. The lowest BCUT2D eigenvalue weighted by Crippen LogP contribution is -2.22. The van der Waals surface area contributed by atoms with E-state index in [0.717, 1.165) is 11.8 Å². The van der Waals surface area contributed by atoms with Crippen LogP contribution in [0.25, 0.3) is 0 Å². The van der Waals surface area contributed by atoms with E-state index in [1.807, 2.05) is 19.0 Å². The van der Waals surface area contributed by atoms with Crippen molar-refractivity contribution in [3.05, 3.63) is 34.9 Å². The summed E-state index contributed by atoms with van der Waals surface area (Å²) in [5.74, 6) is 0. The van der Waals surface area contributed by atoms with Crippen LogP contribution in [-0.4, -0.2) is 25.3 Å². The second kappa shape index (κ2) is 5.01. The molecule has 0 fully saturated rings. The van der Waals surface area contributed by atoms with Gasteiger partial charge in [0.1, 0.15) is 6.29 Å². The first-order valence-electron chi connectivity index (χ1n) is 6.00. The van der Waals surface area contributed by atoms with E-state index in [9.17, 15) is 4.79 Å². The number of likely N-dealkylation sites (N-methyl/N-ethyl adjacent to an activating group) is 1. The third-order valence-corrected chi connectivity index (χ3v) is 3.14. The molecule has 1 rings (SSSR count). The van der Waals surface area contributed by atoms with E-state index in [1.165, 1.54) is 11.1 Å². The Labute approximate surface area is 105 Å². The first-order valence-corrected chi connectivity index (χ1v) is 6.00. The molecule has 0 spiro atoms. The molecule has 0 radical (unpaired) electrons. The summed E-state index contributed by atoms with van der Waals surface area (Å²) in [6, 6.07) is 6.25. The highest BCUT2D eigenvalue weighted by molar-refractivity contribution is 5.62. The molecule has 2 nitrogen and oxygen atoms in total. The van der Waals surface area contributed by atoms with Crippen LogP contribution in [0, 0.1) is 6.92 Å². The molecule has 1 aromatic rings. The van der Waals surface area contributed by atoms with Gasteiger partial charge >= 0.3 is 0 Å². The molecule has 1 atom stereocenters. The highest BCUT2D eigenvalue weighted by Crippen LogP contribution is 2.27. The summed E-state index contributed by atoms with van der Waals surface area (Å²) >= 11 is 0. The molecule has 0 N–H and O–H groups in total. The Morgan fingerprint density at radius 2 is 1.82 bits per heavy atom. The molecule has 0 heterocycles. The largest absolute Gasteiger partial charge is 0.301 e. The minimum absolute atomic E-state index is 0.149. The van der Waals surface area contributed by atoms with Crippen molar-refractivity contribution in [3.63, 3.8) is 0 Å². The maximum atomic E-state index is 11.1. The summed E-state index contributed by atoms with van der Waals surface area (Å²) in [5.41, 5.74) is 3.74. The highest BCUT2D eigenvalue weighted by Gasteiger charge is 2.18. The zero-order chi connectivity index (χ0) is 13.2. The maximum absolute atomic E-state index is 11.1. The lowest BCUT2D eigenvalue weighted by atomic mass is 9.84. The fourth-order valence-corrected chi connectivity index (χ4v) is 1.95. The van der Waals surface area contributed by atoms with Crippen LogP contribution in [0.15, 0.2) is 18.2 Å². The number of hydrogen-bond donors (Lipinski definition) is 0. The van der Waals surface area contributed by atoms with Crippen LogP contribution in [-0.2, 0) is 10.2 Å². The molecule has 1 aromatic carbocycles. The van der Waals surface area contributed by atoms with Crippen LogP contribution >= 0.6 is 0 Å². The van der Waals surface area contributed by atoms with Crippen LogP contribution in [0.1, 0.15) is 43.5 Å². The summed E-state index contributed by atoms with van der Waals surface area (Å²) < 4.78 is 0. The third-order valence-electron chi connectivity index (χ3n) is 3.14. The Morgan fingerprint density at radius 1 is 1.24 bits per heavy atom. The van der Waals surface area contributed by atoms with Gasteiger partial charge in [0.15, 0.2) is 0 Å². The summed E-state index contributed by atoms with van der Waals surface area (Å²) in [6.07, 6.45) is 0.999. The molecule has 94 valence electrons. The van der Waals surface area contributed by atoms with Crippen molar-refractivity contribution in [2.24, 2.45) is 0 Å². The maximum Gasteiger partial charge on any atom is 0.141 e. The summed E-state index contributed by atoms with van der Waals surface area (Å²) in [4.78, 5) is 13.1. The van der Waals surface area contributed by atoms with Gasteiger partial charge in [0, 0.05) is 0 Å². The van der Waals surface area contributed by atoms with E-state index < -0.39 is 0 Å². The molecule has 0 aliphatic carbocycles. The molecule has 0 saturated heterocycles. The molecule has 0 amide bonds. The summed E-state index contributed by atoms with van der Waals surface area (Å²) in [6.45, 7) is 8.67. The van der Waals surface area contributed by atoms with Crippen molar-refractivity contribution in [2.75, 3.05) is 14.1 Å². The Kier molecular flexibility index (Phi) is 4.10. The van der Waals surface area contributed by atoms with Crippen molar-refractivity contribution in [1.29, 1.82) is 0 Å². The van der Waals surface area contributed by atoms with E-state index in [1.54, 1.807) is 0 Å². The fourth-order valence-electron chi connectivity index (χ4n) is 1.95. The van der Waals surface area contributed by atoms with E-state index >= 15 is 0 Å². The quantitative estimate of drug-likeness (QED) is 0.748. The number of rotatable bonds is 3. The second-order valence-electron chi connectivity index (χ2n) is 5.87. The Bertz CT molecular complexity index is 402. The molecule has 2 heteroatoms. The minimum Gasteiger partial charge on any atom is -0.301 e. The number of aryl methyl sites for hydroxylation is 1. The topological polar surface area (TPSA) is 20.3 Å². The van der Waals surface area contributed by atoms with Gasteiger partial charge in [0.25, 0.3) is 0 Å².